The molecule has 0 spiro atoms. The van der Waals surface area contributed by atoms with Crippen LogP contribution in [0.25, 0.3) is 0 Å². The highest BCUT2D eigenvalue weighted by Gasteiger charge is 2.11. The van der Waals surface area contributed by atoms with Gasteiger partial charge in [-0.25, -0.2) is 13.2 Å². The third-order valence-corrected chi connectivity index (χ3v) is 2.49. The summed E-state index contributed by atoms with van der Waals surface area (Å²) in [5, 5.41) is 4.90. The van der Waals surface area contributed by atoms with Gasteiger partial charge >= 0.3 is 0 Å². The van der Waals surface area contributed by atoms with Crippen molar-refractivity contribution in [1.82, 2.24) is 0 Å². The minimum atomic E-state index is -1.31. The van der Waals surface area contributed by atoms with Crippen LogP contribution in [0.1, 0.15) is 0 Å². The molecule has 2 aromatic carbocycles. The maximum Gasteiger partial charge on any atom is 0.243 e. The van der Waals surface area contributed by atoms with Crippen molar-refractivity contribution in [2.75, 3.05) is 17.2 Å². The number of nitrogens with one attached hydrogen (secondary N) is 2. The molecule has 0 aliphatic rings. The minimum Gasteiger partial charge on any atom is -0.374 e. The molecule has 1 amide bonds. The van der Waals surface area contributed by atoms with Crippen LogP contribution in [0.4, 0.5) is 24.5 Å². The zero-order valence-electron chi connectivity index (χ0n) is 10.3. The second-order valence-electron chi connectivity index (χ2n) is 4.02. The summed E-state index contributed by atoms with van der Waals surface area (Å²) >= 11 is 0. The monoisotopic (exact) mass is 280 g/mol. The summed E-state index contributed by atoms with van der Waals surface area (Å²) in [6.45, 7) is -0.311. The number of halogens is 3. The van der Waals surface area contributed by atoms with Crippen LogP contribution in [0.5, 0.6) is 0 Å². The molecule has 0 fully saturated rings. The van der Waals surface area contributed by atoms with Crippen LogP contribution in [0.15, 0.2) is 42.5 Å². The number of rotatable bonds is 4. The average molecular weight is 280 g/mol. The average Bonchev–Trinajstić information content (AvgIpc) is 2.42. The van der Waals surface area contributed by atoms with E-state index in [1.807, 2.05) is 0 Å². The van der Waals surface area contributed by atoms with Gasteiger partial charge in [0.1, 0.15) is 5.82 Å². The molecule has 0 aliphatic heterocycles. The van der Waals surface area contributed by atoms with Gasteiger partial charge in [0.15, 0.2) is 11.6 Å². The summed E-state index contributed by atoms with van der Waals surface area (Å²) in [7, 11) is 0. The van der Waals surface area contributed by atoms with Crippen molar-refractivity contribution in [3.05, 3.63) is 59.9 Å². The number of amides is 1. The summed E-state index contributed by atoms with van der Waals surface area (Å²) < 4.78 is 39.2. The Kier molecular flexibility index (Phi) is 4.24. The lowest BCUT2D eigenvalue weighted by Crippen LogP contribution is -2.22. The quantitative estimate of drug-likeness (QED) is 0.845. The Morgan fingerprint density at radius 2 is 1.75 bits per heavy atom. The van der Waals surface area contributed by atoms with Crippen LogP contribution in [-0.2, 0) is 4.79 Å². The van der Waals surface area contributed by atoms with E-state index in [0.717, 1.165) is 6.07 Å². The number of hydrogen-bond acceptors (Lipinski definition) is 2. The maximum absolute atomic E-state index is 13.3. The second-order valence-corrected chi connectivity index (χ2v) is 4.02. The van der Waals surface area contributed by atoms with Crippen LogP contribution in [0.2, 0.25) is 0 Å². The summed E-state index contributed by atoms with van der Waals surface area (Å²) in [5.41, 5.74) is 0.177. The number of carbonyl (C=O) groups is 1. The molecule has 20 heavy (non-hydrogen) atoms. The fourth-order valence-corrected chi connectivity index (χ4v) is 1.59. The van der Waals surface area contributed by atoms with Crippen LogP contribution in [0.3, 0.4) is 0 Å². The molecule has 6 heteroatoms. The number of anilines is 2. The Labute approximate surface area is 113 Å². The first-order valence-electron chi connectivity index (χ1n) is 5.79. The van der Waals surface area contributed by atoms with Crippen molar-refractivity contribution in [2.45, 2.75) is 0 Å². The molecule has 0 aliphatic carbocycles. The van der Waals surface area contributed by atoms with Crippen LogP contribution < -0.4 is 10.6 Å². The lowest BCUT2D eigenvalue weighted by molar-refractivity contribution is -0.114. The molecule has 0 unspecified atom stereocenters. The SMILES string of the molecule is O=C(CNc1cc(F)cc(F)c1F)Nc1ccccc1. The largest absolute Gasteiger partial charge is 0.374 e. The maximum atomic E-state index is 13.3. The molecular formula is C14H11F3N2O. The first kappa shape index (κ1) is 13.9. The Balaban J connectivity index is 1.97. The van der Waals surface area contributed by atoms with Crippen molar-refractivity contribution in [3.63, 3.8) is 0 Å². The van der Waals surface area contributed by atoms with Crippen LogP contribution in [-0.4, -0.2) is 12.5 Å². The van der Waals surface area contributed by atoms with Gasteiger partial charge in [0.2, 0.25) is 5.91 Å². The van der Waals surface area contributed by atoms with Gasteiger partial charge in [0.05, 0.1) is 12.2 Å². The zero-order valence-corrected chi connectivity index (χ0v) is 10.3. The third-order valence-electron chi connectivity index (χ3n) is 2.49. The van der Waals surface area contributed by atoms with Crippen LogP contribution >= 0.6 is 0 Å². The molecule has 0 atom stereocenters. The first-order chi connectivity index (χ1) is 9.56. The van der Waals surface area contributed by atoms with E-state index in [2.05, 4.69) is 10.6 Å². The second kappa shape index (κ2) is 6.10. The molecule has 2 aromatic rings. The molecular weight excluding hydrogens is 269 g/mol. The van der Waals surface area contributed by atoms with E-state index in [1.54, 1.807) is 30.3 Å². The van der Waals surface area contributed by atoms with E-state index in [4.69, 9.17) is 0 Å². The number of hydrogen-bond donors (Lipinski definition) is 2. The molecule has 0 radical (unpaired) electrons. The highest BCUT2D eigenvalue weighted by Crippen LogP contribution is 2.18. The van der Waals surface area contributed by atoms with E-state index in [0.29, 0.717) is 11.8 Å². The van der Waals surface area contributed by atoms with Crippen molar-refractivity contribution < 1.29 is 18.0 Å². The minimum absolute atomic E-state index is 0.311. The van der Waals surface area contributed by atoms with Crippen molar-refractivity contribution in [3.8, 4) is 0 Å². The number of para-hydroxylation sites is 1. The Bertz CT molecular complexity index is 617. The summed E-state index contributed by atoms with van der Waals surface area (Å²) in [5.74, 6) is -3.91. The van der Waals surface area contributed by atoms with Crippen LogP contribution in [0, 0.1) is 17.5 Å². The molecule has 104 valence electrons. The standard InChI is InChI=1S/C14H11F3N2O/c15-9-6-11(16)14(17)12(7-9)18-8-13(20)19-10-4-2-1-3-5-10/h1-7,18H,8H2,(H,19,20). The van der Waals surface area contributed by atoms with Crippen molar-refractivity contribution in [2.24, 2.45) is 0 Å². The fourth-order valence-electron chi connectivity index (χ4n) is 1.59. The van der Waals surface area contributed by atoms with E-state index < -0.39 is 29.0 Å². The topological polar surface area (TPSA) is 41.1 Å². The van der Waals surface area contributed by atoms with E-state index in [9.17, 15) is 18.0 Å². The molecule has 2 N–H and O–H groups in total. The van der Waals surface area contributed by atoms with Gasteiger partial charge in [-0.1, -0.05) is 18.2 Å². The number of carbonyl (C=O) groups excluding carboxylic acids is 1. The lowest BCUT2D eigenvalue weighted by Gasteiger charge is -2.09. The van der Waals surface area contributed by atoms with Gasteiger partial charge in [0.25, 0.3) is 0 Å². The van der Waals surface area contributed by atoms with Gasteiger partial charge in [-0.15, -0.1) is 0 Å². The van der Waals surface area contributed by atoms with Crippen molar-refractivity contribution >= 4 is 17.3 Å². The predicted molar refractivity (Wildman–Crippen MR) is 69.9 cm³/mol. The smallest absolute Gasteiger partial charge is 0.243 e. The predicted octanol–water partition coefficient (Wildman–Crippen LogP) is 3.15. The molecule has 0 saturated carbocycles. The Morgan fingerprint density at radius 3 is 2.45 bits per heavy atom. The molecule has 0 bridgehead atoms. The molecule has 0 heterocycles. The first-order valence-corrected chi connectivity index (χ1v) is 5.79. The van der Waals surface area contributed by atoms with Gasteiger partial charge in [0, 0.05) is 17.8 Å². The Morgan fingerprint density at radius 1 is 1.05 bits per heavy atom. The zero-order chi connectivity index (χ0) is 14.5. The molecule has 2 rings (SSSR count). The highest BCUT2D eigenvalue weighted by atomic mass is 19.2. The normalized spacial score (nSPS) is 10.2. The van der Waals surface area contributed by atoms with Crippen molar-refractivity contribution in [1.29, 1.82) is 0 Å². The summed E-state index contributed by atoms with van der Waals surface area (Å²) in [6, 6.07) is 9.85. The molecule has 3 nitrogen and oxygen atoms in total. The summed E-state index contributed by atoms with van der Waals surface area (Å²) in [4.78, 5) is 11.6. The van der Waals surface area contributed by atoms with Gasteiger partial charge < -0.3 is 10.6 Å². The summed E-state index contributed by atoms with van der Waals surface area (Å²) in [6.07, 6.45) is 0. The Hall–Kier alpha value is -2.50. The van der Waals surface area contributed by atoms with Gasteiger partial charge in [-0.05, 0) is 12.1 Å². The molecule has 0 saturated heterocycles. The lowest BCUT2D eigenvalue weighted by atomic mass is 10.2. The molecule has 0 aromatic heterocycles. The number of benzene rings is 2. The van der Waals surface area contributed by atoms with Gasteiger partial charge in [-0.2, -0.15) is 0 Å². The van der Waals surface area contributed by atoms with E-state index >= 15 is 0 Å². The van der Waals surface area contributed by atoms with E-state index in [1.165, 1.54) is 0 Å². The fraction of sp³-hybridized carbons (Fsp3) is 0.0714. The third kappa shape index (κ3) is 3.50. The van der Waals surface area contributed by atoms with E-state index in [-0.39, 0.29) is 6.54 Å². The highest BCUT2D eigenvalue weighted by molar-refractivity contribution is 5.93. The van der Waals surface area contributed by atoms with Gasteiger partial charge in [-0.3, -0.25) is 4.79 Å².